The molecule has 1 aromatic carbocycles. The Bertz CT molecular complexity index is 504. The van der Waals surface area contributed by atoms with E-state index in [1.165, 1.54) is 21.7 Å². The van der Waals surface area contributed by atoms with Crippen molar-refractivity contribution >= 4 is 11.3 Å². The zero-order chi connectivity index (χ0) is 11.0. The van der Waals surface area contributed by atoms with Crippen molar-refractivity contribution in [2.45, 2.75) is 19.4 Å². The standard InChI is InChI=1S/C13H14N2S/c1-9-3-2-4-10(7-9)12-13-11(5-6-14-12)16-8-15-13/h2-4,7-8,12,14H,5-6H2,1H3. The molecule has 0 radical (unpaired) electrons. The molecule has 2 aromatic rings. The van der Waals surface area contributed by atoms with Crippen molar-refractivity contribution in [2.24, 2.45) is 0 Å². The number of rotatable bonds is 1. The van der Waals surface area contributed by atoms with Gasteiger partial charge in [-0.25, -0.2) is 4.98 Å². The summed E-state index contributed by atoms with van der Waals surface area (Å²) in [6, 6.07) is 8.96. The molecule has 0 amide bonds. The molecule has 0 bridgehead atoms. The first-order chi connectivity index (χ1) is 7.84. The summed E-state index contributed by atoms with van der Waals surface area (Å²) in [7, 11) is 0. The maximum atomic E-state index is 4.50. The molecule has 2 heterocycles. The van der Waals surface area contributed by atoms with Crippen molar-refractivity contribution in [3.05, 3.63) is 51.5 Å². The van der Waals surface area contributed by atoms with Gasteiger partial charge in [-0.1, -0.05) is 29.8 Å². The summed E-state index contributed by atoms with van der Waals surface area (Å²) < 4.78 is 0. The predicted molar refractivity (Wildman–Crippen MR) is 66.8 cm³/mol. The van der Waals surface area contributed by atoms with Gasteiger partial charge in [-0.05, 0) is 18.9 Å². The van der Waals surface area contributed by atoms with Crippen LogP contribution in [-0.2, 0) is 6.42 Å². The van der Waals surface area contributed by atoms with Crippen molar-refractivity contribution in [3.8, 4) is 0 Å². The van der Waals surface area contributed by atoms with Crippen LogP contribution in [0, 0.1) is 6.92 Å². The molecular formula is C13H14N2S. The minimum Gasteiger partial charge on any atom is -0.305 e. The van der Waals surface area contributed by atoms with Gasteiger partial charge in [0.1, 0.15) is 0 Å². The third kappa shape index (κ3) is 1.66. The normalized spacial score (nSPS) is 19.4. The molecule has 1 aliphatic heterocycles. The highest BCUT2D eigenvalue weighted by molar-refractivity contribution is 7.09. The van der Waals surface area contributed by atoms with Gasteiger partial charge in [-0.2, -0.15) is 0 Å². The van der Waals surface area contributed by atoms with Crippen LogP contribution < -0.4 is 5.32 Å². The minimum absolute atomic E-state index is 0.287. The summed E-state index contributed by atoms with van der Waals surface area (Å²) in [5.41, 5.74) is 5.82. The molecule has 1 aromatic heterocycles. The molecule has 16 heavy (non-hydrogen) atoms. The number of nitrogens with one attached hydrogen (secondary N) is 1. The molecule has 2 nitrogen and oxygen atoms in total. The van der Waals surface area contributed by atoms with E-state index in [4.69, 9.17) is 0 Å². The van der Waals surface area contributed by atoms with E-state index in [1.807, 2.05) is 5.51 Å². The smallest absolute Gasteiger partial charge is 0.0798 e. The van der Waals surface area contributed by atoms with Gasteiger partial charge < -0.3 is 5.32 Å². The lowest BCUT2D eigenvalue weighted by Gasteiger charge is -2.23. The quantitative estimate of drug-likeness (QED) is 0.814. The first-order valence-corrected chi connectivity index (χ1v) is 6.45. The van der Waals surface area contributed by atoms with Crippen LogP contribution in [-0.4, -0.2) is 11.5 Å². The molecule has 82 valence electrons. The fourth-order valence-electron chi connectivity index (χ4n) is 2.25. The Morgan fingerprint density at radius 1 is 1.44 bits per heavy atom. The third-order valence-corrected chi connectivity index (χ3v) is 3.93. The second-order valence-corrected chi connectivity index (χ2v) is 5.15. The maximum Gasteiger partial charge on any atom is 0.0798 e. The van der Waals surface area contributed by atoms with Crippen molar-refractivity contribution < 1.29 is 0 Å². The van der Waals surface area contributed by atoms with Crippen LogP contribution in [0.3, 0.4) is 0 Å². The van der Waals surface area contributed by atoms with Gasteiger partial charge in [0.2, 0.25) is 0 Å². The number of hydrogen-bond donors (Lipinski definition) is 1. The van der Waals surface area contributed by atoms with Crippen molar-refractivity contribution in [3.63, 3.8) is 0 Å². The highest BCUT2D eigenvalue weighted by Gasteiger charge is 2.23. The van der Waals surface area contributed by atoms with Crippen LogP contribution in [0.2, 0.25) is 0 Å². The largest absolute Gasteiger partial charge is 0.305 e. The van der Waals surface area contributed by atoms with Crippen LogP contribution in [0.4, 0.5) is 0 Å². The fraction of sp³-hybridized carbons (Fsp3) is 0.308. The number of benzene rings is 1. The first kappa shape index (κ1) is 10.00. The Hall–Kier alpha value is -1.19. The second-order valence-electron chi connectivity index (χ2n) is 4.21. The van der Waals surface area contributed by atoms with E-state index in [-0.39, 0.29) is 6.04 Å². The van der Waals surface area contributed by atoms with Crippen LogP contribution in [0.5, 0.6) is 0 Å². The Morgan fingerprint density at radius 3 is 3.25 bits per heavy atom. The monoisotopic (exact) mass is 230 g/mol. The second kappa shape index (κ2) is 4.00. The SMILES string of the molecule is Cc1cccc(C2NCCc3scnc32)c1. The maximum absolute atomic E-state index is 4.50. The molecule has 0 saturated carbocycles. The first-order valence-electron chi connectivity index (χ1n) is 5.57. The van der Waals surface area contributed by atoms with E-state index >= 15 is 0 Å². The summed E-state index contributed by atoms with van der Waals surface area (Å²) in [6.07, 6.45) is 1.11. The molecule has 1 atom stereocenters. The summed E-state index contributed by atoms with van der Waals surface area (Å²) in [4.78, 5) is 5.94. The lowest BCUT2D eigenvalue weighted by atomic mass is 9.98. The van der Waals surface area contributed by atoms with Crippen LogP contribution in [0.25, 0.3) is 0 Å². The molecule has 0 aliphatic carbocycles. The highest BCUT2D eigenvalue weighted by Crippen LogP contribution is 2.29. The minimum atomic E-state index is 0.287. The molecule has 3 rings (SSSR count). The van der Waals surface area contributed by atoms with E-state index < -0.39 is 0 Å². The Labute approximate surface area is 99.4 Å². The number of hydrogen-bond acceptors (Lipinski definition) is 3. The topological polar surface area (TPSA) is 24.9 Å². The van der Waals surface area contributed by atoms with Gasteiger partial charge in [-0.3, -0.25) is 0 Å². The average Bonchev–Trinajstić information content (AvgIpc) is 2.76. The Kier molecular flexibility index (Phi) is 2.50. The third-order valence-electron chi connectivity index (χ3n) is 3.02. The molecule has 1 N–H and O–H groups in total. The van der Waals surface area contributed by atoms with Crippen molar-refractivity contribution in [2.75, 3.05) is 6.54 Å². The van der Waals surface area contributed by atoms with Gasteiger partial charge in [-0.15, -0.1) is 11.3 Å². The van der Waals surface area contributed by atoms with E-state index in [9.17, 15) is 0 Å². The molecule has 1 unspecified atom stereocenters. The number of nitrogens with zero attached hydrogens (tertiary/aromatic N) is 1. The van der Waals surface area contributed by atoms with Crippen LogP contribution >= 0.6 is 11.3 Å². The van der Waals surface area contributed by atoms with Gasteiger partial charge in [0.25, 0.3) is 0 Å². The van der Waals surface area contributed by atoms with Crippen molar-refractivity contribution in [1.82, 2.24) is 10.3 Å². The van der Waals surface area contributed by atoms with E-state index in [1.54, 1.807) is 11.3 Å². The fourth-order valence-corrected chi connectivity index (χ4v) is 3.06. The number of aryl methyl sites for hydroxylation is 1. The molecular weight excluding hydrogens is 216 g/mol. The lowest BCUT2D eigenvalue weighted by Crippen LogP contribution is -2.30. The summed E-state index contributed by atoms with van der Waals surface area (Å²) in [5, 5.41) is 3.55. The number of thiazole rings is 1. The van der Waals surface area contributed by atoms with Gasteiger partial charge in [0.05, 0.1) is 17.2 Å². The summed E-state index contributed by atoms with van der Waals surface area (Å²) in [5.74, 6) is 0. The van der Waals surface area contributed by atoms with Crippen LogP contribution in [0.1, 0.15) is 27.7 Å². The van der Waals surface area contributed by atoms with Gasteiger partial charge in [0.15, 0.2) is 0 Å². The Balaban J connectivity index is 2.04. The number of aromatic nitrogens is 1. The number of fused-ring (bicyclic) bond motifs is 1. The molecule has 3 heteroatoms. The highest BCUT2D eigenvalue weighted by atomic mass is 32.1. The summed E-state index contributed by atoms with van der Waals surface area (Å²) in [6.45, 7) is 3.18. The zero-order valence-corrected chi connectivity index (χ0v) is 10.1. The Morgan fingerprint density at radius 2 is 2.38 bits per heavy atom. The van der Waals surface area contributed by atoms with E-state index in [0.29, 0.717) is 0 Å². The lowest BCUT2D eigenvalue weighted by molar-refractivity contribution is 0.561. The molecule has 0 saturated heterocycles. The molecule has 0 fully saturated rings. The van der Waals surface area contributed by atoms with Gasteiger partial charge in [0, 0.05) is 11.4 Å². The van der Waals surface area contributed by atoms with Gasteiger partial charge >= 0.3 is 0 Å². The van der Waals surface area contributed by atoms with Crippen molar-refractivity contribution in [1.29, 1.82) is 0 Å². The predicted octanol–water partition coefficient (Wildman–Crippen LogP) is 2.69. The average molecular weight is 230 g/mol. The zero-order valence-electron chi connectivity index (χ0n) is 9.23. The summed E-state index contributed by atoms with van der Waals surface area (Å²) >= 11 is 1.78. The van der Waals surface area contributed by atoms with E-state index in [0.717, 1.165) is 13.0 Å². The van der Waals surface area contributed by atoms with E-state index in [2.05, 4.69) is 41.5 Å². The molecule has 1 aliphatic rings. The van der Waals surface area contributed by atoms with Crippen LogP contribution in [0.15, 0.2) is 29.8 Å². The molecule has 0 spiro atoms.